The first-order valence-electron chi connectivity index (χ1n) is 7.28. The van der Waals surface area contributed by atoms with Gasteiger partial charge in [-0.25, -0.2) is 0 Å². The molecule has 6 nitrogen and oxygen atoms in total. The summed E-state index contributed by atoms with van der Waals surface area (Å²) in [5.74, 6) is 1.26. The molecule has 0 spiro atoms. The highest BCUT2D eigenvalue weighted by molar-refractivity contribution is 6.28. The van der Waals surface area contributed by atoms with Crippen molar-refractivity contribution in [3.8, 4) is 0 Å². The molecule has 1 aliphatic heterocycles. The highest BCUT2D eigenvalue weighted by Crippen LogP contribution is 2.18. The number of rotatable bonds is 6. The van der Waals surface area contributed by atoms with Gasteiger partial charge < -0.3 is 15.1 Å². The van der Waals surface area contributed by atoms with Crippen molar-refractivity contribution in [3.05, 3.63) is 5.28 Å². The van der Waals surface area contributed by atoms with E-state index in [4.69, 9.17) is 11.6 Å². The summed E-state index contributed by atoms with van der Waals surface area (Å²) in [5.41, 5.74) is 0. The molecule has 1 N–H and O–H groups in total. The molecule has 0 aliphatic carbocycles. The van der Waals surface area contributed by atoms with Crippen LogP contribution in [0.1, 0.15) is 26.2 Å². The number of halogens is 1. The fourth-order valence-electron chi connectivity index (χ4n) is 2.17. The van der Waals surface area contributed by atoms with Crippen LogP contribution in [0.2, 0.25) is 5.28 Å². The molecule has 2 rings (SSSR count). The van der Waals surface area contributed by atoms with Crippen molar-refractivity contribution in [2.45, 2.75) is 26.2 Å². The fraction of sp³-hybridized carbons (Fsp3) is 0.769. The molecule has 0 atom stereocenters. The van der Waals surface area contributed by atoms with Crippen LogP contribution in [-0.2, 0) is 0 Å². The van der Waals surface area contributed by atoms with E-state index in [0.717, 1.165) is 32.7 Å². The summed E-state index contributed by atoms with van der Waals surface area (Å²) in [6.07, 6.45) is 3.66. The molecule has 1 saturated heterocycles. The molecule has 1 aliphatic rings. The lowest BCUT2D eigenvalue weighted by atomic mass is 10.1. The maximum absolute atomic E-state index is 6.00. The van der Waals surface area contributed by atoms with Crippen LogP contribution in [0.4, 0.5) is 11.9 Å². The molecular weight excluding hydrogens is 276 g/mol. The van der Waals surface area contributed by atoms with E-state index in [1.54, 1.807) is 0 Å². The van der Waals surface area contributed by atoms with Crippen LogP contribution in [0.25, 0.3) is 0 Å². The Kier molecular flexibility index (Phi) is 5.79. The molecule has 20 heavy (non-hydrogen) atoms. The minimum atomic E-state index is 0.256. The normalized spacial score (nSPS) is 15.7. The Bertz CT molecular complexity index is 421. The van der Waals surface area contributed by atoms with Crippen molar-refractivity contribution in [3.63, 3.8) is 0 Å². The smallest absolute Gasteiger partial charge is 0.231 e. The van der Waals surface area contributed by atoms with Crippen molar-refractivity contribution < 1.29 is 0 Å². The Balaban J connectivity index is 1.97. The van der Waals surface area contributed by atoms with Crippen molar-refractivity contribution in [1.82, 2.24) is 19.9 Å². The van der Waals surface area contributed by atoms with E-state index in [9.17, 15) is 0 Å². The average Bonchev–Trinajstić information content (AvgIpc) is 2.47. The minimum Gasteiger partial charge on any atom is -0.353 e. The van der Waals surface area contributed by atoms with Crippen LogP contribution in [0, 0.1) is 0 Å². The monoisotopic (exact) mass is 298 g/mol. The first-order valence-corrected chi connectivity index (χ1v) is 7.65. The van der Waals surface area contributed by atoms with Crippen molar-refractivity contribution in [2.75, 3.05) is 50.0 Å². The van der Waals surface area contributed by atoms with Crippen LogP contribution in [0.3, 0.4) is 0 Å². The summed E-state index contributed by atoms with van der Waals surface area (Å²) in [7, 11) is 2.08. The predicted molar refractivity (Wildman–Crippen MR) is 82.6 cm³/mol. The van der Waals surface area contributed by atoms with Gasteiger partial charge >= 0.3 is 0 Å². The minimum absolute atomic E-state index is 0.256. The number of nitrogens with zero attached hydrogens (tertiary/aromatic N) is 5. The van der Waals surface area contributed by atoms with Crippen LogP contribution in [0.5, 0.6) is 0 Å². The summed E-state index contributed by atoms with van der Waals surface area (Å²) in [6.45, 7) is 6.90. The lowest BCUT2D eigenvalue weighted by molar-refractivity contribution is 0.367. The van der Waals surface area contributed by atoms with Gasteiger partial charge in [0.1, 0.15) is 0 Å². The summed E-state index contributed by atoms with van der Waals surface area (Å²) in [6, 6.07) is 0. The zero-order valence-electron chi connectivity index (χ0n) is 12.3. The van der Waals surface area contributed by atoms with Crippen LogP contribution >= 0.6 is 11.6 Å². The molecule has 0 unspecified atom stereocenters. The van der Waals surface area contributed by atoms with Gasteiger partial charge in [0.2, 0.25) is 17.2 Å². The van der Waals surface area contributed by atoms with Gasteiger partial charge in [0.15, 0.2) is 0 Å². The summed E-state index contributed by atoms with van der Waals surface area (Å²) in [5, 5.41) is 3.47. The van der Waals surface area contributed by atoms with Gasteiger partial charge in [-0.3, -0.25) is 0 Å². The molecule has 2 heterocycles. The summed E-state index contributed by atoms with van der Waals surface area (Å²) in [4.78, 5) is 17.2. The Morgan fingerprint density at radius 3 is 2.65 bits per heavy atom. The third-order valence-corrected chi connectivity index (χ3v) is 3.72. The van der Waals surface area contributed by atoms with Crippen molar-refractivity contribution >= 4 is 23.5 Å². The van der Waals surface area contributed by atoms with E-state index < -0.39 is 0 Å². The predicted octanol–water partition coefficient (Wildman–Crippen LogP) is 1.88. The lowest BCUT2D eigenvalue weighted by Crippen LogP contribution is -2.31. The topological polar surface area (TPSA) is 57.2 Å². The second-order valence-corrected chi connectivity index (χ2v) is 5.44. The van der Waals surface area contributed by atoms with E-state index in [1.165, 1.54) is 19.3 Å². The number of hydrogen-bond acceptors (Lipinski definition) is 6. The molecule has 0 aromatic carbocycles. The zero-order chi connectivity index (χ0) is 14.4. The highest BCUT2D eigenvalue weighted by atomic mass is 35.5. The summed E-state index contributed by atoms with van der Waals surface area (Å²) >= 11 is 6.00. The first kappa shape index (κ1) is 15.3. The third-order valence-electron chi connectivity index (χ3n) is 3.55. The summed E-state index contributed by atoms with van der Waals surface area (Å²) < 4.78 is 0. The van der Waals surface area contributed by atoms with Gasteiger partial charge in [-0.15, -0.1) is 0 Å². The molecule has 1 aromatic heterocycles. The number of nitrogens with one attached hydrogen (secondary N) is 1. The number of hydrogen-bond donors (Lipinski definition) is 1. The third kappa shape index (κ3) is 4.45. The van der Waals surface area contributed by atoms with Gasteiger partial charge in [-0.05, 0) is 44.5 Å². The second-order valence-electron chi connectivity index (χ2n) is 5.10. The maximum Gasteiger partial charge on any atom is 0.231 e. The standard InChI is InChI=1S/C13H23ClN6/c1-3-19(2)10-7-15-12-16-11(14)17-13(18-12)20-8-5-4-6-9-20/h3-10H2,1-2H3,(H,15,16,17,18). The Morgan fingerprint density at radius 1 is 1.20 bits per heavy atom. The van der Waals surface area contributed by atoms with Crippen molar-refractivity contribution in [2.24, 2.45) is 0 Å². The Labute approximate surface area is 125 Å². The van der Waals surface area contributed by atoms with E-state index >= 15 is 0 Å². The Hall–Kier alpha value is -1.14. The van der Waals surface area contributed by atoms with Gasteiger partial charge in [-0.2, -0.15) is 15.0 Å². The largest absolute Gasteiger partial charge is 0.353 e. The number of piperidine rings is 1. The van der Waals surface area contributed by atoms with E-state index in [1.807, 2.05) is 0 Å². The van der Waals surface area contributed by atoms with Gasteiger partial charge in [0.05, 0.1) is 0 Å². The maximum atomic E-state index is 6.00. The lowest BCUT2D eigenvalue weighted by Gasteiger charge is -2.26. The average molecular weight is 299 g/mol. The molecule has 0 radical (unpaired) electrons. The van der Waals surface area contributed by atoms with E-state index in [0.29, 0.717) is 11.9 Å². The molecule has 7 heteroatoms. The molecule has 0 amide bonds. The number of aromatic nitrogens is 3. The fourth-order valence-corrected chi connectivity index (χ4v) is 2.33. The Morgan fingerprint density at radius 2 is 1.95 bits per heavy atom. The van der Waals surface area contributed by atoms with Gasteiger partial charge in [0.25, 0.3) is 0 Å². The first-order chi connectivity index (χ1) is 9.69. The molecule has 112 valence electrons. The molecule has 0 saturated carbocycles. The molecule has 1 aromatic rings. The van der Waals surface area contributed by atoms with Crippen LogP contribution in [-0.4, -0.2) is 59.6 Å². The van der Waals surface area contributed by atoms with Crippen molar-refractivity contribution in [1.29, 1.82) is 0 Å². The molecule has 0 bridgehead atoms. The molecule has 1 fully saturated rings. The number of likely N-dealkylation sites (N-methyl/N-ethyl adjacent to an activating group) is 1. The molecular formula is C13H23ClN6. The van der Waals surface area contributed by atoms with Crippen LogP contribution < -0.4 is 10.2 Å². The SMILES string of the molecule is CCN(C)CCNc1nc(Cl)nc(N2CCCCC2)n1. The quantitative estimate of drug-likeness (QED) is 0.865. The number of anilines is 2. The van der Waals surface area contributed by atoms with E-state index in [-0.39, 0.29) is 5.28 Å². The van der Waals surface area contributed by atoms with E-state index in [2.05, 4.69) is 44.0 Å². The second kappa shape index (κ2) is 7.59. The van der Waals surface area contributed by atoms with Gasteiger partial charge in [-0.1, -0.05) is 6.92 Å². The van der Waals surface area contributed by atoms with Crippen LogP contribution in [0.15, 0.2) is 0 Å². The zero-order valence-corrected chi connectivity index (χ0v) is 13.0. The van der Waals surface area contributed by atoms with Gasteiger partial charge in [0, 0.05) is 26.2 Å². The highest BCUT2D eigenvalue weighted by Gasteiger charge is 2.15.